The van der Waals surface area contributed by atoms with E-state index in [-0.39, 0.29) is 5.69 Å². The molecule has 2 unspecified atom stereocenters. The molecule has 0 aromatic heterocycles. The van der Waals surface area contributed by atoms with Crippen LogP contribution in [0.2, 0.25) is 0 Å². The number of ether oxygens (including phenoxy) is 1. The number of nitrogens with one attached hydrogen (secondary N) is 2. The van der Waals surface area contributed by atoms with Gasteiger partial charge in [0.15, 0.2) is 0 Å². The summed E-state index contributed by atoms with van der Waals surface area (Å²) in [6.45, 7) is 2.07. The minimum Gasteiger partial charge on any atom is -0.496 e. The molecule has 6 heteroatoms. The average molecular weight is 249 g/mol. The first-order valence-corrected chi connectivity index (χ1v) is 6.00. The van der Waals surface area contributed by atoms with Crippen molar-refractivity contribution in [3.05, 3.63) is 28.3 Å². The molecule has 18 heavy (non-hydrogen) atoms. The van der Waals surface area contributed by atoms with Crippen molar-refractivity contribution in [1.82, 2.24) is 5.32 Å². The van der Waals surface area contributed by atoms with E-state index < -0.39 is 4.92 Å². The number of anilines is 1. The standard InChI is InChI=1S/C12H15N3O3/c1-18-9-3-7(2-8(4-9)15(16)17)14-12-10-5-13-6-11(10)12/h2-4,10-14H,5-6H2,1H3. The number of methoxy groups -OCH3 is 1. The highest BCUT2D eigenvalue weighted by molar-refractivity contribution is 5.57. The Hall–Kier alpha value is -1.82. The molecule has 2 fully saturated rings. The first-order valence-electron chi connectivity index (χ1n) is 6.00. The number of nitro benzene ring substituents is 1. The van der Waals surface area contributed by atoms with Crippen LogP contribution in [0.1, 0.15) is 0 Å². The number of piperidine rings is 1. The van der Waals surface area contributed by atoms with Crippen LogP contribution in [-0.4, -0.2) is 31.2 Å². The van der Waals surface area contributed by atoms with Crippen LogP contribution < -0.4 is 15.4 Å². The van der Waals surface area contributed by atoms with Crippen molar-refractivity contribution in [3.63, 3.8) is 0 Å². The summed E-state index contributed by atoms with van der Waals surface area (Å²) in [5.74, 6) is 1.83. The van der Waals surface area contributed by atoms with Gasteiger partial charge in [-0.3, -0.25) is 10.1 Å². The van der Waals surface area contributed by atoms with Crippen LogP contribution in [0.5, 0.6) is 5.75 Å². The molecule has 1 aromatic rings. The lowest BCUT2D eigenvalue weighted by Gasteiger charge is -2.10. The van der Waals surface area contributed by atoms with E-state index in [2.05, 4.69) is 10.6 Å². The van der Waals surface area contributed by atoms with Crippen LogP contribution in [0.4, 0.5) is 11.4 Å². The van der Waals surface area contributed by atoms with Gasteiger partial charge in [0.25, 0.3) is 5.69 Å². The summed E-state index contributed by atoms with van der Waals surface area (Å²) in [6, 6.07) is 5.23. The maximum absolute atomic E-state index is 10.8. The highest BCUT2D eigenvalue weighted by atomic mass is 16.6. The molecule has 1 aliphatic carbocycles. The second-order valence-corrected chi connectivity index (χ2v) is 4.83. The zero-order chi connectivity index (χ0) is 12.7. The first kappa shape index (κ1) is 11.3. The van der Waals surface area contributed by atoms with Crippen LogP contribution in [-0.2, 0) is 0 Å². The Morgan fingerprint density at radius 1 is 1.39 bits per heavy atom. The van der Waals surface area contributed by atoms with Crippen molar-refractivity contribution < 1.29 is 9.66 Å². The van der Waals surface area contributed by atoms with Crippen molar-refractivity contribution in [2.24, 2.45) is 11.8 Å². The van der Waals surface area contributed by atoms with Crippen molar-refractivity contribution in [3.8, 4) is 5.75 Å². The van der Waals surface area contributed by atoms with Gasteiger partial charge >= 0.3 is 0 Å². The van der Waals surface area contributed by atoms with Crippen molar-refractivity contribution in [2.45, 2.75) is 6.04 Å². The van der Waals surface area contributed by atoms with E-state index in [1.54, 1.807) is 12.1 Å². The maximum Gasteiger partial charge on any atom is 0.275 e. The summed E-state index contributed by atoms with van der Waals surface area (Å²) in [6.07, 6.45) is 0. The third-order valence-electron chi connectivity index (χ3n) is 3.76. The lowest BCUT2D eigenvalue weighted by molar-refractivity contribution is -0.384. The van der Waals surface area contributed by atoms with Crippen molar-refractivity contribution in [1.29, 1.82) is 0 Å². The van der Waals surface area contributed by atoms with E-state index in [0.29, 0.717) is 23.6 Å². The lowest BCUT2D eigenvalue weighted by Crippen LogP contribution is -2.21. The number of nitro groups is 1. The molecule has 1 aliphatic heterocycles. The predicted octanol–water partition coefficient (Wildman–Crippen LogP) is 1.23. The molecule has 1 aromatic carbocycles. The minimum atomic E-state index is -0.400. The second kappa shape index (κ2) is 4.13. The first-order chi connectivity index (χ1) is 8.69. The molecule has 0 bridgehead atoms. The van der Waals surface area contributed by atoms with Gasteiger partial charge in [0.05, 0.1) is 18.1 Å². The highest BCUT2D eigenvalue weighted by Gasteiger charge is 2.52. The molecule has 2 aliphatic rings. The summed E-state index contributed by atoms with van der Waals surface area (Å²) in [5, 5.41) is 17.5. The molecule has 96 valence electrons. The van der Waals surface area contributed by atoms with E-state index in [1.807, 2.05) is 0 Å². The molecule has 0 amide bonds. The Bertz CT molecular complexity index is 481. The Balaban J connectivity index is 1.78. The third kappa shape index (κ3) is 1.88. The number of hydrogen-bond donors (Lipinski definition) is 2. The number of hydrogen-bond acceptors (Lipinski definition) is 5. The maximum atomic E-state index is 10.8. The summed E-state index contributed by atoms with van der Waals surface area (Å²) < 4.78 is 5.08. The van der Waals surface area contributed by atoms with E-state index >= 15 is 0 Å². The number of rotatable bonds is 4. The number of non-ortho nitro benzene ring substituents is 1. The molecular weight excluding hydrogens is 234 g/mol. The monoisotopic (exact) mass is 249 g/mol. The van der Waals surface area contributed by atoms with Crippen LogP contribution in [0.3, 0.4) is 0 Å². The van der Waals surface area contributed by atoms with Crippen LogP contribution in [0, 0.1) is 22.0 Å². The topological polar surface area (TPSA) is 76.4 Å². The lowest BCUT2D eigenvalue weighted by atomic mass is 10.2. The fourth-order valence-electron chi connectivity index (χ4n) is 2.71. The van der Waals surface area contributed by atoms with Gasteiger partial charge in [-0.1, -0.05) is 0 Å². The Kier molecular flexibility index (Phi) is 2.59. The molecule has 2 atom stereocenters. The quantitative estimate of drug-likeness (QED) is 0.620. The van der Waals surface area contributed by atoms with Gasteiger partial charge in [0.2, 0.25) is 0 Å². The molecule has 2 N–H and O–H groups in total. The molecule has 1 heterocycles. The van der Waals surface area contributed by atoms with Crippen LogP contribution in [0.25, 0.3) is 0 Å². The van der Waals surface area contributed by atoms with Crippen LogP contribution in [0.15, 0.2) is 18.2 Å². The number of fused-ring (bicyclic) bond motifs is 1. The Morgan fingerprint density at radius 3 is 2.72 bits per heavy atom. The Morgan fingerprint density at radius 2 is 2.11 bits per heavy atom. The minimum absolute atomic E-state index is 0.0563. The van der Waals surface area contributed by atoms with Gasteiger partial charge in [0.1, 0.15) is 5.75 Å². The average Bonchev–Trinajstić information content (AvgIpc) is 2.81. The molecule has 6 nitrogen and oxygen atoms in total. The van der Waals surface area contributed by atoms with Crippen molar-refractivity contribution >= 4 is 11.4 Å². The Labute approximate surface area is 104 Å². The molecule has 1 saturated heterocycles. The molecular formula is C12H15N3O3. The molecule has 3 rings (SSSR count). The smallest absolute Gasteiger partial charge is 0.275 e. The zero-order valence-corrected chi connectivity index (χ0v) is 10.1. The normalized spacial score (nSPS) is 28.6. The van der Waals surface area contributed by atoms with Gasteiger partial charge in [-0.15, -0.1) is 0 Å². The van der Waals surface area contributed by atoms with Crippen molar-refractivity contribution in [2.75, 3.05) is 25.5 Å². The summed E-state index contributed by atoms with van der Waals surface area (Å²) in [5.41, 5.74) is 0.821. The van der Waals surface area contributed by atoms with Crippen LogP contribution >= 0.6 is 0 Å². The summed E-state index contributed by atoms with van der Waals surface area (Å²) in [4.78, 5) is 10.4. The van der Waals surface area contributed by atoms with E-state index in [4.69, 9.17) is 4.74 Å². The molecule has 0 radical (unpaired) electrons. The van der Waals surface area contributed by atoms with Gasteiger partial charge in [-0.05, 0) is 11.8 Å². The summed E-state index contributed by atoms with van der Waals surface area (Å²) >= 11 is 0. The largest absolute Gasteiger partial charge is 0.496 e. The SMILES string of the molecule is COc1cc(NC2C3CNCC32)cc([N+](=O)[O-])c1. The zero-order valence-electron chi connectivity index (χ0n) is 10.1. The highest BCUT2D eigenvalue weighted by Crippen LogP contribution is 2.44. The van der Waals surface area contributed by atoms with Gasteiger partial charge in [-0.2, -0.15) is 0 Å². The van der Waals surface area contributed by atoms with E-state index in [9.17, 15) is 10.1 Å². The number of benzene rings is 1. The number of nitrogens with zero attached hydrogens (tertiary/aromatic N) is 1. The third-order valence-corrected chi connectivity index (χ3v) is 3.76. The fraction of sp³-hybridized carbons (Fsp3) is 0.500. The molecule has 1 saturated carbocycles. The van der Waals surface area contributed by atoms with Gasteiger partial charge in [0, 0.05) is 37.0 Å². The fourth-order valence-corrected chi connectivity index (χ4v) is 2.71. The second-order valence-electron chi connectivity index (χ2n) is 4.83. The van der Waals surface area contributed by atoms with E-state index in [0.717, 1.165) is 18.8 Å². The summed E-state index contributed by atoms with van der Waals surface area (Å²) in [7, 11) is 1.51. The van der Waals surface area contributed by atoms with Gasteiger partial charge < -0.3 is 15.4 Å². The van der Waals surface area contributed by atoms with Gasteiger partial charge in [-0.25, -0.2) is 0 Å². The molecule has 0 spiro atoms. The predicted molar refractivity (Wildman–Crippen MR) is 66.9 cm³/mol. The van der Waals surface area contributed by atoms with E-state index in [1.165, 1.54) is 13.2 Å².